The number of pyridine rings is 1. The molecule has 1 aliphatic heterocycles. The summed E-state index contributed by atoms with van der Waals surface area (Å²) < 4.78 is 6.33. The lowest BCUT2D eigenvalue weighted by Crippen LogP contribution is -2.20. The smallest absolute Gasteiger partial charge is 0.181 e. The van der Waals surface area contributed by atoms with Gasteiger partial charge in [-0.15, -0.1) is 0 Å². The normalized spacial score (nSPS) is 13.0. The number of hydrogen-bond donors (Lipinski definition) is 0. The molecule has 156 valence electrons. The van der Waals surface area contributed by atoms with Gasteiger partial charge in [0.1, 0.15) is 0 Å². The molecule has 0 unspecified atom stereocenters. The average Bonchev–Trinajstić information content (AvgIpc) is 2.71. The van der Waals surface area contributed by atoms with Gasteiger partial charge in [0.05, 0.1) is 16.9 Å². The number of hydrogen-bond acceptors (Lipinski definition) is 3. The van der Waals surface area contributed by atoms with Crippen LogP contribution in [-0.2, 0) is 5.41 Å². The summed E-state index contributed by atoms with van der Waals surface area (Å²) in [4.78, 5) is 7.40. The Kier molecular flexibility index (Phi) is 4.33. The summed E-state index contributed by atoms with van der Waals surface area (Å²) in [7, 11) is 0. The third-order valence-corrected chi connectivity index (χ3v) is 6.11. The molecule has 0 spiro atoms. The highest BCUT2D eigenvalue weighted by atomic mass is 16.5. The fourth-order valence-corrected chi connectivity index (χ4v) is 4.48. The number of fused-ring (bicyclic) bond motifs is 3. The predicted octanol–water partition coefficient (Wildman–Crippen LogP) is 8.03. The van der Waals surface area contributed by atoms with Crippen LogP contribution in [0.3, 0.4) is 0 Å². The lowest BCUT2D eigenvalue weighted by Gasteiger charge is -2.34. The summed E-state index contributed by atoms with van der Waals surface area (Å²) in [6.07, 6.45) is 0. The van der Waals surface area contributed by atoms with E-state index < -0.39 is 0 Å². The van der Waals surface area contributed by atoms with Crippen molar-refractivity contribution in [1.82, 2.24) is 4.98 Å². The molecule has 0 saturated heterocycles. The van der Waals surface area contributed by atoms with Gasteiger partial charge in [0.25, 0.3) is 0 Å². The molecule has 0 bridgehead atoms. The van der Waals surface area contributed by atoms with Crippen molar-refractivity contribution in [2.24, 2.45) is 0 Å². The van der Waals surface area contributed by atoms with Crippen molar-refractivity contribution in [2.75, 3.05) is 4.90 Å². The van der Waals surface area contributed by atoms with Crippen LogP contribution in [0, 0.1) is 20.8 Å². The van der Waals surface area contributed by atoms with E-state index in [0.29, 0.717) is 0 Å². The zero-order valence-corrected chi connectivity index (χ0v) is 19.1. The van der Waals surface area contributed by atoms with E-state index in [1.165, 1.54) is 22.4 Å². The zero-order chi connectivity index (χ0) is 21.9. The molecule has 3 nitrogen and oxygen atoms in total. The molecule has 0 N–H and O–H groups in total. The van der Waals surface area contributed by atoms with Crippen LogP contribution in [0.2, 0.25) is 0 Å². The molecule has 0 aliphatic carbocycles. The Balaban J connectivity index is 1.81. The second kappa shape index (κ2) is 6.84. The van der Waals surface area contributed by atoms with Gasteiger partial charge in [0.15, 0.2) is 17.3 Å². The van der Waals surface area contributed by atoms with E-state index in [9.17, 15) is 0 Å². The van der Waals surface area contributed by atoms with Crippen LogP contribution in [0.5, 0.6) is 11.5 Å². The second-order valence-electron chi connectivity index (χ2n) is 9.57. The van der Waals surface area contributed by atoms with Gasteiger partial charge in [0.2, 0.25) is 0 Å². The van der Waals surface area contributed by atoms with E-state index in [1.54, 1.807) is 0 Å². The van der Waals surface area contributed by atoms with Crippen LogP contribution in [-0.4, -0.2) is 4.98 Å². The van der Waals surface area contributed by atoms with E-state index in [1.807, 2.05) is 12.1 Å². The first-order valence-electron chi connectivity index (χ1n) is 10.8. The Morgan fingerprint density at radius 1 is 0.774 bits per heavy atom. The Morgan fingerprint density at radius 3 is 2.19 bits per heavy atom. The number of benzene rings is 3. The van der Waals surface area contributed by atoms with Gasteiger partial charge in [-0.1, -0.05) is 63.2 Å². The summed E-state index contributed by atoms with van der Waals surface area (Å²) >= 11 is 0. The molecule has 5 rings (SSSR count). The van der Waals surface area contributed by atoms with Crippen LogP contribution < -0.4 is 9.64 Å². The molecular formula is C28H28N2O. The average molecular weight is 409 g/mol. The van der Waals surface area contributed by atoms with E-state index in [-0.39, 0.29) is 5.41 Å². The first-order valence-corrected chi connectivity index (χ1v) is 10.8. The quantitative estimate of drug-likeness (QED) is 0.281. The molecule has 31 heavy (non-hydrogen) atoms. The van der Waals surface area contributed by atoms with Gasteiger partial charge in [0, 0.05) is 5.39 Å². The first-order chi connectivity index (χ1) is 14.7. The van der Waals surface area contributed by atoms with Gasteiger partial charge in [-0.25, -0.2) is 4.98 Å². The summed E-state index contributed by atoms with van der Waals surface area (Å²) in [6.45, 7) is 13.3. The van der Waals surface area contributed by atoms with Gasteiger partial charge >= 0.3 is 0 Å². The van der Waals surface area contributed by atoms with Gasteiger partial charge in [-0.2, -0.15) is 0 Å². The van der Waals surface area contributed by atoms with E-state index in [2.05, 4.69) is 95.0 Å². The Labute approximate surface area is 184 Å². The van der Waals surface area contributed by atoms with Crippen LogP contribution in [0.4, 0.5) is 17.2 Å². The van der Waals surface area contributed by atoms with E-state index >= 15 is 0 Å². The maximum Gasteiger partial charge on any atom is 0.181 e. The van der Waals surface area contributed by atoms with Crippen molar-refractivity contribution in [3.63, 3.8) is 0 Å². The lowest BCUT2D eigenvalue weighted by molar-refractivity contribution is 0.475. The van der Waals surface area contributed by atoms with Crippen molar-refractivity contribution >= 4 is 28.1 Å². The van der Waals surface area contributed by atoms with Gasteiger partial charge < -0.3 is 4.74 Å². The van der Waals surface area contributed by atoms with Crippen LogP contribution >= 0.6 is 0 Å². The molecular weight excluding hydrogens is 380 g/mol. The number of nitrogens with zero attached hydrogens (tertiary/aromatic N) is 2. The fourth-order valence-electron chi connectivity index (χ4n) is 4.48. The van der Waals surface area contributed by atoms with E-state index in [0.717, 1.165) is 39.5 Å². The molecule has 1 aliphatic rings. The Hall–Kier alpha value is -3.33. The molecule has 3 heteroatoms. The summed E-state index contributed by atoms with van der Waals surface area (Å²) in [6, 6.07) is 21.2. The maximum absolute atomic E-state index is 6.33. The molecule has 3 aromatic carbocycles. The summed E-state index contributed by atoms with van der Waals surface area (Å²) in [5, 5.41) is 1.09. The van der Waals surface area contributed by atoms with Crippen molar-refractivity contribution in [1.29, 1.82) is 0 Å². The molecule has 4 aromatic rings. The maximum atomic E-state index is 6.33. The highest BCUT2D eigenvalue weighted by molar-refractivity contribution is 5.92. The van der Waals surface area contributed by atoms with Crippen molar-refractivity contribution in [3.05, 3.63) is 82.9 Å². The molecule has 1 aromatic heterocycles. The highest BCUT2D eigenvalue weighted by Gasteiger charge is 2.30. The third kappa shape index (κ3) is 3.16. The number of rotatable bonds is 1. The zero-order valence-electron chi connectivity index (χ0n) is 19.1. The number of para-hydroxylation sites is 3. The number of ether oxygens (including phenoxy) is 1. The van der Waals surface area contributed by atoms with Crippen molar-refractivity contribution < 1.29 is 4.74 Å². The van der Waals surface area contributed by atoms with Crippen molar-refractivity contribution in [2.45, 2.75) is 47.0 Å². The third-order valence-electron chi connectivity index (χ3n) is 6.11. The lowest BCUT2D eigenvalue weighted by atomic mass is 9.84. The van der Waals surface area contributed by atoms with Crippen LogP contribution in [0.1, 0.15) is 43.0 Å². The van der Waals surface area contributed by atoms with Crippen molar-refractivity contribution in [3.8, 4) is 11.5 Å². The van der Waals surface area contributed by atoms with Crippen LogP contribution in [0.25, 0.3) is 10.9 Å². The number of aryl methyl sites for hydroxylation is 3. The molecule has 0 fully saturated rings. The minimum atomic E-state index is 0.0977. The van der Waals surface area contributed by atoms with Gasteiger partial charge in [-0.3, -0.25) is 4.90 Å². The molecule has 0 saturated carbocycles. The molecule has 2 heterocycles. The van der Waals surface area contributed by atoms with Crippen LogP contribution in [0.15, 0.2) is 60.7 Å². The number of anilines is 3. The van der Waals surface area contributed by atoms with E-state index in [4.69, 9.17) is 9.72 Å². The second-order valence-corrected chi connectivity index (χ2v) is 9.57. The minimum absolute atomic E-state index is 0.0977. The monoisotopic (exact) mass is 408 g/mol. The molecule has 0 atom stereocenters. The Bertz CT molecular complexity index is 1310. The minimum Gasteiger partial charge on any atom is -0.451 e. The summed E-state index contributed by atoms with van der Waals surface area (Å²) in [5.74, 6) is 2.48. The summed E-state index contributed by atoms with van der Waals surface area (Å²) in [5.41, 5.74) is 8.27. The highest BCUT2D eigenvalue weighted by Crippen LogP contribution is 2.52. The SMILES string of the molecule is Cc1cc(C(C)(C)C)cc(C)c1N1c2ccccc2Oc2cc3cccc(C)c3nc21. The number of aromatic nitrogens is 1. The predicted molar refractivity (Wildman–Crippen MR) is 129 cm³/mol. The largest absolute Gasteiger partial charge is 0.451 e. The molecule has 0 amide bonds. The molecule has 0 radical (unpaired) electrons. The first kappa shape index (κ1) is 19.6. The topological polar surface area (TPSA) is 25.4 Å². The standard InChI is InChI=1S/C28H28N2O/c1-17-10-9-11-20-16-24-27(29-25(17)20)30(22-12-7-8-13-23(22)31-24)26-18(2)14-21(15-19(26)3)28(4,5)6/h7-16H,1-6H3. The fraction of sp³-hybridized carbons (Fsp3) is 0.250. The van der Waals surface area contributed by atoms with Gasteiger partial charge in [-0.05, 0) is 66.6 Å². The Morgan fingerprint density at radius 2 is 1.48 bits per heavy atom.